The highest BCUT2D eigenvalue weighted by atomic mass is 19.4. The SMILES string of the molecule is C=C1CNC(=O)CNC(=O)c2ccc(cc2)Nc2nc(nc(OCC(F)(F)F)n2)NCc2ccc(cc2)N1. The van der Waals surface area contributed by atoms with Crippen LogP contribution in [0.3, 0.4) is 0 Å². The lowest BCUT2D eigenvalue weighted by Crippen LogP contribution is -2.38. The van der Waals surface area contributed by atoms with Gasteiger partial charge in [-0.25, -0.2) is 0 Å². The molecule has 1 aromatic heterocycles. The summed E-state index contributed by atoms with van der Waals surface area (Å²) in [6.07, 6.45) is -4.58. The van der Waals surface area contributed by atoms with Gasteiger partial charge in [0.1, 0.15) is 0 Å². The third-order valence-corrected chi connectivity index (χ3v) is 5.02. The van der Waals surface area contributed by atoms with Crippen LogP contribution in [0.15, 0.2) is 60.8 Å². The molecule has 4 aliphatic heterocycles. The molecular formula is C24H23F3N8O3. The molecular weight excluding hydrogens is 505 g/mol. The Morgan fingerprint density at radius 3 is 2.16 bits per heavy atom. The molecule has 2 aromatic carbocycles. The minimum atomic E-state index is -4.58. The molecule has 0 fully saturated rings. The maximum atomic E-state index is 12.7. The summed E-state index contributed by atoms with van der Waals surface area (Å²) in [6, 6.07) is 12.8. The molecule has 5 heterocycles. The highest BCUT2D eigenvalue weighted by Crippen LogP contribution is 2.21. The summed E-state index contributed by atoms with van der Waals surface area (Å²) in [7, 11) is 0. The molecule has 198 valence electrons. The van der Waals surface area contributed by atoms with Crippen molar-refractivity contribution in [2.24, 2.45) is 0 Å². The van der Waals surface area contributed by atoms with Crippen LogP contribution in [0.5, 0.6) is 6.01 Å². The van der Waals surface area contributed by atoms with E-state index in [1.54, 1.807) is 24.3 Å². The zero-order chi connectivity index (χ0) is 27.1. The van der Waals surface area contributed by atoms with E-state index in [2.05, 4.69) is 48.1 Å². The van der Waals surface area contributed by atoms with Gasteiger partial charge < -0.3 is 31.3 Å². The summed E-state index contributed by atoms with van der Waals surface area (Å²) >= 11 is 0. The van der Waals surface area contributed by atoms with Gasteiger partial charge in [0.2, 0.25) is 17.8 Å². The first-order chi connectivity index (χ1) is 18.1. The number of nitrogens with one attached hydrogen (secondary N) is 5. The first-order valence-electron chi connectivity index (χ1n) is 11.3. The first kappa shape index (κ1) is 26.2. The van der Waals surface area contributed by atoms with E-state index < -0.39 is 30.6 Å². The van der Waals surface area contributed by atoms with Crippen molar-refractivity contribution in [2.75, 3.05) is 35.6 Å². The quantitative estimate of drug-likeness (QED) is 0.339. The van der Waals surface area contributed by atoms with Gasteiger partial charge in [0.25, 0.3) is 5.91 Å². The molecule has 0 aliphatic carbocycles. The molecule has 0 unspecified atom stereocenters. The van der Waals surface area contributed by atoms with Gasteiger partial charge in [-0.05, 0) is 42.0 Å². The lowest BCUT2D eigenvalue weighted by molar-refractivity contribution is -0.154. The molecule has 0 saturated heterocycles. The Morgan fingerprint density at radius 1 is 0.789 bits per heavy atom. The number of ether oxygens (including phenoxy) is 1. The summed E-state index contributed by atoms with van der Waals surface area (Å²) in [5, 5.41) is 14.1. The smallest absolute Gasteiger partial charge is 0.422 e. The second-order valence-electron chi connectivity index (χ2n) is 8.11. The lowest BCUT2D eigenvalue weighted by atomic mass is 10.2. The number of anilines is 4. The molecule has 7 rings (SSSR count). The van der Waals surface area contributed by atoms with Gasteiger partial charge in [-0.3, -0.25) is 9.59 Å². The summed E-state index contributed by atoms with van der Waals surface area (Å²) < 4.78 is 42.8. The maximum Gasteiger partial charge on any atom is 0.422 e. The zero-order valence-electron chi connectivity index (χ0n) is 19.9. The number of halogens is 3. The van der Waals surface area contributed by atoms with E-state index in [0.29, 0.717) is 11.4 Å². The van der Waals surface area contributed by atoms with Crippen LogP contribution in [-0.2, 0) is 11.3 Å². The van der Waals surface area contributed by atoms with E-state index in [-0.39, 0.29) is 37.1 Å². The number of rotatable bonds is 2. The van der Waals surface area contributed by atoms with Crippen molar-refractivity contribution < 1.29 is 27.5 Å². The molecule has 0 spiro atoms. The Morgan fingerprint density at radius 2 is 1.45 bits per heavy atom. The zero-order valence-corrected chi connectivity index (χ0v) is 19.9. The normalized spacial score (nSPS) is 14.7. The van der Waals surface area contributed by atoms with Crippen molar-refractivity contribution in [1.29, 1.82) is 0 Å². The molecule has 14 heteroatoms. The summed E-state index contributed by atoms with van der Waals surface area (Å²) in [6.45, 7) is 2.48. The van der Waals surface area contributed by atoms with Gasteiger partial charge >= 0.3 is 12.2 Å². The second kappa shape index (κ2) is 11.5. The van der Waals surface area contributed by atoms with E-state index >= 15 is 0 Å². The van der Waals surface area contributed by atoms with Gasteiger partial charge in [-0.2, -0.15) is 28.1 Å². The van der Waals surface area contributed by atoms with Crippen LogP contribution in [0.25, 0.3) is 0 Å². The van der Waals surface area contributed by atoms with E-state index in [9.17, 15) is 22.8 Å². The predicted molar refractivity (Wildman–Crippen MR) is 133 cm³/mol. The Labute approximate surface area is 214 Å². The van der Waals surface area contributed by atoms with Crippen LogP contribution in [0, 0.1) is 0 Å². The van der Waals surface area contributed by atoms with E-state index in [1.165, 1.54) is 12.1 Å². The average molecular weight is 528 g/mol. The highest BCUT2D eigenvalue weighted by molar-refractivity contribution is 5.96. The maximum absolute atomic E-state index is 12.7. The summed E-state index contributed by atoms with van der Waals surface area (Å²) in [4.78, 5) is 36.5. The molecule has 5 N–H and O–H groups in total. The van der Waals surface area contributed by atoms with Crippen molar-refractivity contribution >= 4 is 35.1 Å². The molecule has 3 aromatic rings. The number of nitrogens with zero attached hydrogens (tertiary/aromatic N) is 3. The number of carbonyl (C=O) groups excluding carboxylic acids is 2. The van der Waals surface area contributed by atoms with Crippen LogP contribution >= 0.6 is 0 Å². The first-order valence-corrected chi connectivity index (χ1v) is 11.3. The van der Waals surface area contributed by atoms with Gasteiger partial charge in [-0.15, -0.1) is 0 Å². The minimum absolute atomic E-state index is 0.0101. The number of benzene rings is 2. The highest BCUT2D eigenvalue weighted by Gasteiger charge is 2.29. The van der Waals surface area contributed by atoms with Crippen molar-refractivity contribution in [3.8, 4) is 6.01 Å². The van der Waals surface area contributed by atoms with Crippen molar-refractivity contribution in [3.63, 3.8) is 0 Å². The number of hydrogen-bond acceptors (Lipinski definition) is 9. The van der Waals surface area contributed by atoms with Gasteiger partial charge in [0.15, 0.2) is 6.61 Å². The number of amides is 2. The summed E-state index contributed by atoms with van der Waals surface area (Å²) in [5.41, 5.74) is 2.82. The average Bonchev–Trinajstić information content (AvgIpc) is 2.88. The topological polar surface area (TPSA) is 142 Å². The fourth-order valence-corrected chi connectivity index (χ4v) is 3.20. The van der Waals surface area contributed by atoms with E-state index in [1.807, 2.05) is 12.1 Å². The Kier molecular flexibility index (Phi) is 7.89. The molecule has 0 saturated carbocycles. The van der Waals surface area contributed by atoms with Crippen LogP contribution in [0.2, 0.25) is 0 Å². The third kappa shape index (κ3) is 7.81. The van der Waals surface area contributed by atoms with E-state index in [0.717, 1.165) is 11.3 Å². The Balaban J connectivity index is 1.60. The van der Waals surface area contributed by atoms with Gasteiger partial charge in [0.05, 0.1) is 13.1 Å². The Bertz CT molecular complexity index is 1310. The van der Waals surface area contributed by atoms with Crippen molar-refractivity contribution in [2.45, 2.75) is 12.7 Å². The molecule has 4 aliphatic rings. The number of alkyl halides is 3. The number of aromatic nitrogens is 3. The molecule has 38 heavy (non-hydrogen) atoms. The van der Waals surface area contributed by atoms with E-state index in [4.69, 9.17) is 4.74 Å². The van der Waals surface area contributed by atoms with Crippen LogP contribution < -0.4 is 31.3 Å². The summed E-state index contributed by atoms with van der Waals surface area (Å²) in [5.74, 6) is -0.949. The standard InChI is InChI=1S/C24H23F3N8O3/c1-14-10-28-19(36)12-29-20(37)16-4-8-18(9-5-16)32-22-33-21(34-23(35-22)38-13-24(25,26)27)30-11-15-2-6-17(31-14)7-3-15/h2-9,31H,1,10-13H2,(H,28,36)(H,29,37)(H2,30,32,33,34,35). The molecule has 2 amide bonds. The number of hydrogen-bond donors (Lipinski definition) is 5. The fourth-order valence-electron chi connectivity index (χ4n) is 3.20. The van der Waals surface area contributed by atoms with Crippen LogP contribution in [0.4, 0.5) is 36.4 Å². The van der Waals surface area contributed by atoms with Gasteiger partial charge in [-0.1, -0.05) is 18.7 Å². The largest absolute Gasteiger partial charge is 0.454 e. The molecule has 6 bridgehead atoms. The van der Waals surface area contributed by atoms with Crippen LogP contribution in [-0.4, -0.2) is 52.6 Å². The van der Waals surface area contributed by atoms with Crippen molar-refractivity contribution in [1.82, 2.24) is 25.6 Å². The fraction of sp³-hybridized carbons (Fsp3) is 0.208. The molecule has 0 atom stereocenters. The molecule has 0 radical (unpaired) electrons. The molecule has 11 nitrogen and oxygen atoms in total. The van der Waals surface area contributed by atoms with Gasteiger partial charge in [0, 0.05) is 29.2 Å². The third-order valence-electron chi connectivity index (χ3n) is 5.02. The van der Waals surface area contributed by atoms with Crippen molar-refractivity contribution in [3.05, 3.63) is 71.9 Å². The van der Waals surface area contributed by atoms with Crippen LogP contribution in [0.1, 0.15) is 15.9 Å². The monoisotopic (exact) mass is 528 g/mol. The second-order valence-corrected chi connectivity index (χ2v) is 8.11. The number of carbonyl (C=O) groups is 2. The Hall–Kier alpha value is -4.88. The predicted octanol–water partition coefficient (Wildman–Crippen LogP) is 2.95. The minimum Gasteiger partial charge on any atom is -0.454 e. The lowest BCUT2D eigenvalue weighted by Gasteiger charge is -2.14.